The molecule has 1 atom stereocenters. The Morgan fingerprint density at radius 1 is 1.24 bits per heavy atom. The number of aromatic hydroxyl groups is 1. The van der Waals surface area contributed by atoms with Crippen molar-refractivity contribution in [3.8, 4) is 5.75 Å². The first-order valence-corrected chi connectivity index (χ1v) is 5.94. The summed E-state index contributed by atoms with van der Waals surface area (Å²) in [5, 5.41) is 12.2. The Kier molecular flexibility index (Phi) is 3.62. The molecule has 0 saturated carbocycles. The van der Waals surface area contributed by atoms with Crippen molar-refractivity contribution in [3.05, 3.63) is 29.8 Å². The van der Waals surface area contributed by atoms with E-state index in [4.69, 9.17) is 5.11 Å². The molecular weight excluding hydrogens is 224 g/mol. The highest BCUT2D eigenvalue weighted by atomic mass is 19.3. The molecule has 1 heterocycles. The molecular formula is C13H17F2NO. The second-order valence-corrected chi connectivity index (χ2v) is 4.62. The molecule has 1 fully saturated rings. The molecule has 2 rings (SSSR count). The number of rotatable bonds is 2. The highest BCUT2D eigenvalue weighted by Crippen LogP contribution is 2.34. The van der Waals surface area contributed by atoms with Crippen LogP contribution in [0.1, 0.15) is 18.4 Å². The molecule has 1 unspecified atom stereocenters. The number of hydrogen-bond acceptors (Lipinski definition) is 2. The standard InChI is InChI=1S/C13H17F2NO/c14-13(15)6-8-16-7-5-11(13)9-10-1-3-12(17)4-2-10/h1-4,11,16-17H,5-9H2. The molecule has 94 valence electrons. The highest BCUT2D eigenvalue weighted by molar-refractivity contribution is 5.26. The van der Waals surface area contributed by atoms with Gasteiger partial charge in [-0.25, -0.2) is 8.78 Å². The number of alkyl halides is 2. The topological polar surface area (TPSA) is 32.3 Å². The molecule has 0 bridgehead atoms. The average Bonchev–Trinajstić information content (AvgIpc) is 2.44. The highest BCUT2D eigenvalue weighted by Gasteiger charge is 2.39. The summed E-state index contributed by atoms with van der Waals surface area (Å²) in [4.78, 5) is 0. The molecule has 1 saturated heterocycles. The van der Waals surface area contributed by atoms with Crippen molar-refractivity contribution in [1.29, 1.82) is 0 Å². The largest absolute Gasteiger partial charge is 0.508 e. The van der Waals surface area contributed by atoms with E-state index < -0.39 is 11.8 Å². The van der Waals surface area contributed by atoms with Crippen LogP contribution in [0, 0.1) is 5.92 Å². The minimum atomic E-state index is -2.60. The Balaban J connectivity index is 2.07. The Labute approximate surface area is 99.7 Å². The fourth-order valence-corrected chi connectivity index (χ4v) is 2.24. The normalized spacial score (nSPS) is 24.2. The van der Waals surface area contributed by atoms with E-state index in [1.807, 2.05) is 0 Å². The second-order valence-electron chi connectivity index (χ2n) is 4.62. The van der Waals surface area contributed by atoms with Gasteiger partial charge in [0.05, 0.1) is 0 Å². The molecule has 0 spiro atoms. The molecule has 4 heteroatoms. The third kappa shape index (κ3) is 3.16. The lowest BCUT2D eigenvalue weighted by atomic mass is 9.89. The van der Waals surface area contributed by atoms with E-state index in [1.54, 1.807) is 24.3 Å². The summed E-state index contributed by atoms with van der Waals surface area (Å²) < 4.78 is 27.6. The quantitative estimate of drug-likeness (QED) is 0.834. The molecule has 2 nitrogen and oxygen atoms in total. The van der Waals surface area contributed by atoms with Crippen molar-refractivity contribution in [2.24, 2.45) is 5.92 Å². The predicted octanol–water partition coefficient (Wildman–Crippen LogP) is 2.57. The fourth-order valence-electron chi connectivity index (χ4n) is 2.24. The van der Waals surface area contributed by atoms with Crippen LogP contribution in [0.4, 0.5) is 8.78 Å². The van der Waals surface area contributed by atoms with Crippen molar-refractivity contribution < 1.29 is 13.9 Å². The van der Waals surface area contributed by atoms with Crippen LogP contribution in [-0.2, 0) is 6.42 Å². The molecule has 0 amide bonds. The van der Waals surface area contributed by atoms with Gasteiger partial charge in [0.15, 0.2) is 0 Å². The van der Waals surface area contributed by atoms with Crippen LogP contribution in [0.5, 0.6) is 5.75 Å². The first-order chi connectivity index (χ1) is 8.08. The van der Waals surface area contributed by atoms with E-state index in [-0.39, 0.29) is 12.2 Å². The summed E-state index contributed by atoms with van der Waals surface area (Å²) in [5.41, 5.74) is 0.856. The Morgan fingerprint density at radius 3 is 2.65 bits per heavy atom. The van der Waals surface area contributed by atoms with Crippen LogP contribution < -0.4 is 5.32 Å². The van der Waals surface area contributed by atoms with Gasteiger partial charge in [-0.3, -0.25) is 0 Å². The lowest BCUT2D eigenvalue weighted by Crippen LogP contribution is -2.29. The Bertz CT molecular complexity index is 364. The van der Waals surface area contributed by atoms with E-state index in [2.05, 4.69) is 5.32 Å². The van der Waals surface area contributed by atoms with Gasteiger partial charge in [0, 0.05) is 18.9 Å². The van der Waals surface area contributed by atoms with Gasteiger partial charge in [-0.1, -0.05) is 12.1 Å². The van der Waals surface area contributed by atoms with Crippen LogP contribution in [0.25, 0.3) is 0 Å². The number of halogens is 2. The molecule has 1 aromatic rings. The Morgan fingerprint density at radius 2 is 1.94 bits per heavy atom. The van der Waals surface area contributed by atoms with Crippen molar-refractivity contribution in [2.75, 3.05) is 13.1 Å². The molecule has 0 radical (unpaired) electrons. The molecule has 0 aliphatic carbocycles. The Hall–Kier alpha value is -1.16. The van der Waals surface area contributed by atoms with Gasteiger partial charge in [-0.05, 0) is 37.1 Å². The summed E-state index contributed by atoms with van der Waals surface area (Å²) in [7, 11) is 0. The zero-order valence-electron chi connectivity index (χ0n) is 9.63. The summed E-state index contributed by atoms with van der Waals surface area (Å²) >= 11 is 0. The van der Waals surface area contributed by atoms with Gasteiger partial charge >= 0.3 is 0 Å². The number of hydrogen-bond donors (Lipinski definition) is 2. The van der Waals surface area contributed by atoms with Crippen LogP contribution in [0.15, 0.2) is 24.3 Å². The minimum absolute atomic E-state index is 0.0875. The van der Waals surface area contributed by atoms with Crippen molar-refractivity contribution in [1.82, 2.24) is 5.32 Å². The maximum atomic E-state index is 13.8. The summed E-state index contributed by atoms with van der Waals surface area (Å²) in [6.07, 6.45) is 0.776. The third-order valence-electron chi connectivity index (χ3n) is 3.32. The second kappa shape index (κ2) is 5.00. The minimum Gasteiger partial charge on any atom is -0.508 e. The summed E-state index contributed by atoms with van der Waals surface area (Å²) in [6, 6.07) is 6.51. The number of phenolic OH excluding ortho intramolecular Hbond substituents is 1. The first kappa shape index (κ1) is 12.3. The molecule has 1 aliphatic rings. The average molecular weight is 241 g/mol. The van der Waals surface area contributed by atoms with E-state index >= 15 is 0 Å². The summed E-state index contributed by atoms with van der Waals surface area (Å²) in [5.74, 6) is -3.04. The predicted molar refractivity (Wildman–Crippen MR) is 62.4 cm³/mol. The monoisotopic (exact) mass is 241 g/mol. The van der Waals surface area contributed by atoms with E-state index in [0.29, 0.717) is 25.9 Å². The molecule has 17 heavy (non-hydrogen) atoms. The fraction of sp³-hybridized carbons (Fsp3) is 0.538. The van der Waals surface area contributed by atoms with E-state index in [0.717, 1.165) is 5.56 Å². The molecule has 2 N–H and O–H groups in total. The first-order valence-electron chi connectivity index (χ1n) is 5.94. The number of benzene rings is 1. The van der Waals surface area contributed by atoms with Crippen molar-refractivity contribution in [3.63, 3.8) is 0 Å². The van der Waals surface area contributed by atoms with E-state index in [9.17, 15) is 8.78 Å². The van der Waals surface area contributed by atoms with Gasteiger partial charge in [0.25, 0.3) is 5.92 Å². The lowest BCUT2D eigenvalue weighted by molar-refractivity contribution is -0.0601. The maximum Gasteiger partial charge on any atom is 0.252 e. The smallest absolute Gasteiger partial charge is 0.252 e. The van der Waals surface area contributed by atoms with Crippen LogP contribution in [0.2, 0.25) is 0 Å². The van der Waals surface area contributed by atoms with Gasteiger partial charge in [0.1, 0.15) is 5.75 Å². The third-order valence-corrected chi connectivity index (χ3v) is 3.32. The number of phenols is 1. The van der Waals surface area contributed by atoms with E-state index in [1.165, 1.54) is 0 Å². The van der Waals surface area contributed by atoms with Crippen LogP contribution >= 0.6 is 0 Å². The maximum absolute atomic E-state index is 13.8. The van der Waals surface area contributed by atoms with Gasteiger partial charge in [0.2, 0.25) is 0 Å². The van der Waals surface area contributed by atoms with Crippen LogP contribution in [0.3, 0.4) is 0 Å². The molecule has 1 aromatic carbocycles. The number of nitrogens with one attached hydrogen (secondary N) is 1. The van der Waals surface area contributed by atoms with Gasteiger partial charge < -0.3 is 10.4 Å². The van der Waals surface area contributed by atoms with Crippen molar-refractivity contribution in [2.45, 2.75) is 25.2 Å². The zero-order chi connectivity index (χ0) is 12.3. The van der Waals surface area contributed by atoms with Crippen LogP contribution in [-0.4, -0.2) is 24.1 Å². The summed E-state index contributed by atoms with van der Waals surface area (Å²) in [6.45, 7) is 1.04. The van der Waals surface area contributed by atoms with Crippen molar-refractivity contribution >= 4 is 0 Å². The lowest BCUT2D eigenvalue weighted by Gasteiger charge is -2.24. The molecule has 0 aromatic heterocycles. The van der Waals surface area contributed by atoms with Gasteiger partial charge in [-0.2, -0.15) is 0 Å². The SMILES string of the molecule is Oc1ccc(CC2CCNCCC2(F)F)cc1. The zero-order valence-corrected chi connectivity index (χ0v) is 9.63. The molecule has 1 aliphatic heterocycles. The van der Waals surface area contributed by atoms with Gasteiger partial charge in [-0.15, -0.1) is 0 Å².